The van der Waals surface area contributed by atoms with Gasteiger partial charge in [-0.1, -0.05) is 12.1 Å². The number of carbonyl (C=O) groups excluding carboxylic acids is 1. The maximum atomic E-state index is 13.2. The van der Waals surface area contributed by atoms with E-state index in [1.165, 1.54) is 17.7 Å². The van der Waals surface area contributed by atoms with Gasteiger partial charge in [0.05, 0.1) is 33.7 Å². The number of rotatable bonds is 7. The fraction of sp³-hybridized carbons (Fsp3) is 0.208. The lowest BCUT2D eigenvalue weighted by atomic mass is 10.0. The Morgan fingerprint density at radius 3 is 2.76 bits per heavy atom. The maximum Gasteiger partial charge on any atom is 0.258 e. The Bertz CT molecular complexity index is 1380. The Morgan fingerprint density at radius 1 is 1.18 bits per heavy atom. The molecule has 1 aromatic carbocycles. The highest BCUT2D eigenvalue weighted by Crippen LogP contribution is 2.38. The van der Waals surface area contributed by atoms with Crippen LogP contribution >= 0.6 is 11.3 Å². The van der Waals surface area contributed by atoms with E-state index in [0.717, 1.165) is 35.5 Å². The monoisotopic (exact) mass is 457 g/mol. The third kappa shape index (κ3) is 4.27. The minimum atomic E-state index is -0.290. The molecule has 0 saturated heterocycles. The average molecular weight is 458 g/mol. The number of pyridine rings is 1. The van der Waals surface area contributed by atoms with Crippen LogP contribution in [0.25, 0.3) is 10.2 Å². The van der Waals surface area contributed by atoms with E-state index in [-0.39, 0.29) is 11.8 Å². The van der Waals surface area contributed by atoms with Crippen molar-refractivity contribution < 1.29 is 4.79 Å². The molecule has 1 amide bonds. The van der Waals surface area contributed by atoms with Crippen molar-refractivity contribution in [2.45, 2.75) is 26.3 Å². The fourth-order valence-corrected chi connectivity index (χ4v) is 4.68. The third-order valence-electron chi connectivity index (χ3n) is 5.60. The van der Waals surface area contributed by atoms with Crippen molar-refractivity contribution in [3.8, 4) is 0 Å². The molecular formula is C24H23N7OS. The second-order valence-corrected chi connectivity index (χ2v) is 8.96. The van der Waals surface area contributed by atoms with Gasteiger partial charge < -0.3 is 21.8 Å². The van der Waals surface area contributed by atoms with E-state index in [2.05, 4.69) is 25.6 Å². The fourth-order valence-electron chi connectivity index (χ4n) is 3.77. The molecule has 1 saturated carbocycles. The molecule has 5 N–H and O–H groups in total. The van der Waals surface area contributed by atoms with Crippen molar-refractivity contribution in [2.24, 2.45) is 5.92 Å². The molecule has 166 valence electrons. The normalized spacial score (nSPS) is 13.1. The van der Waals surface area contributed by atoms with Crippen LogP contribution in [0.15, 0.2) is 48.1 Å². The Kier molecular flexibility index (Phi) is 5.47. The number of nitrogens with one attached hydrogen (secondary N) is 3. The molecule has 5 rings (SSSR count). The number of aromatic nitrogens is 3. The van der Waals surface area contributed by atoms with Gasteiger partial charge in [0.1, 0.15) is 12.1 Å². The summed E-state index contributed by atoms with van der Waals surface area (Å²) in [6.45, 7) is 2.48. The number of amides is 1. The predicted molar refractivity (Wildman–Crippen MR) is 132 cm³/mol. The summed E-state index contributed by atoms with van der Waals surface area (Å²) in [5, 5.41) is 16.9. The number of nitrogen functional groups attached to an aromatic ring is 1. The number of nitrogens with zero attached hydrogens (tertiary/aromatic N) is 3. The minimum absolute atomic E-state index is 0.218. The highest BCUT2D eigenvalue weighted by atomic mass is 32.1. The van der Waals surface area contributed by atoms with E-state index < -0.39 is 0 Å². The minimum Gasteiger partial charge on any atom is -0.382 e. The number of benzene rings is 1. The summed E-state index contributed by atoms with van der Waals surface area (Å²) in [6.07, 6.45) is 3.34. The first-order valence-electron chi connectivity index (χ1n) is 10.7. The highest BCUT2D eigenvalue weighted by molar-refractivity contribution is 7.18. The zero-order valence-corrected chi connectivity index (χ0v) is 18.9. The van der Waals surface area contributed by atoms with Crippen LogP contribution in [0.1, 0.15) is 40.2 Å². The number of anilines is 3. The molecule has 0 unspecified atom stereocenters. The summed E-state index contributed by atoms with van der Waals surface area (Å²) in [5.41, 5.74) is 11.4. The number of carbonyl (C=O) groups is 1. The number of aryl methyl sites for hydroxylation is 1. The van der Waals surface area contributed by atoms with Crippen LogP contribution in [0.4, 0.5) is 17.2 Å². The van der Waals surface area contributed by atoms with Gasteiger partial charge in [0.15, 0.2) is 0 Å². The Balaban J connectivity index is 1.46. The Hall–Kier alpha value is -3.85. The lowest BCUT2D eigenvalue weighted by Gasteiger charge is -2.17. The molecule has 3 aromatic heterocycles. The number of hydrogen-bond acceptors (Lipinski definition) is 8. The molecule has 4 aromatic rings. The third-order valence-corrected chi connectivity index (χ3v) is 6.59. The van der Waals surface area contributed by atoms with E-state index in [4.69, 9.17) is 11.1 Å². The van der Waals surface area contributed by atoms with Crippen LogP contribution in [0, 0.1) is 18.3 Å². The van der Waals surface area contributed by atoms with Crippen molar-refractivity contribution in [3.63, 3.8) is 0 Å². The summed E-state index contributed by atoms with van der Waals surface area (Å²) in [4.78, 5) is 26.0. The van der Waals surface area contributed by atoms with Crippen LogP contribution in [0.3, 0.4) is 0 Å². The molecular weight excluding hydrogens is 434 g/mol. The van der Waals surface area contributed by atoms with Gasteiger partial charge in [-0.15, -0.1) is 11.3 Å². The van der Waals surface area contributed by atoms with Gasteiger partial charge in [-0.05, 0) is 44.0 Å². The van der Waals surface area contributed by atoms with Gasteiger partial charge >= 0.3 is 0 Å². The van der Waals surface area contributed by atoms with Gasteiger partial charge in [-0.3, -0.25) is 9.78 Å². The quantitative estimate of drug-likeness (QED) is 0.300. The summed E-state index contributed by atoms with van der Waals surface area (Å²) in [6, 6.07) is 11.5. The number of nitrogens with two attached hydrogens (primary N) is 1. The molecule has 9 heteroatoms. The van der Waals surface area contributed by atoms with Gasteiger partial charge in [0, 0.05) is 34.0 Å². The summed E-state index contributed by atoms with van der Waals surface area (Å²) < 4.78 is 0.690. The van der Waals surface area contributed by atoms with Gasteiger partial charge in [-0.25, -0.2) is 9.97 Å². The molecule has 0 spiro atoms. The molecule has 1 aliphatic rings. The van der Waals surface area contributed by atoms with Crippen molar-refractivity contribution in [3.05, 3.63) is 70.6 Å². The number of fused-ring (bicyclic) bond motifs is 1. The zero-order valence-electron chi connectivity index (χ0n) is 18.1. The van der Waals surface area contributed by atoms with Crippen LogP contribution in [0.5, 0.6) is 0 Å². The summed E-state index contributed by atoms with van der Waals surface area (Å²) in [7, 11) is 0. The summed E-state index contributed by atoms with van der Waals surface area (Å²) >= 11 is 1.34. The van der Waals surface area contributed by atoms with E-state index in [1.807, 2.05) is 43.3 Å². The van der Waals surface area contributed by atoms with Crippen LogP contribution in [-0.2, 0) is 6.54 Å². The predicted octanol–water partition coefficient (Wildman–Crippen LogP) is 4.62. The highest BCUT2D eigenvalue weighted by Gasteiger charge is 2.30. The van der Waals surface area contributed by atoms with Crippen molar-refractivity contribution in [1.29, 1.82) is 5.41 Å². The molecule has 0 bridgehead atoms. The Labute approximate surface area is 194 Å². The van der Waals surface area contributed by atoms with E-state index >= 15 is 0 Å². The molecule has 0 atom stereocenters. The molecule has 33 heavy (non-hydrogen) atoms. The first kappa shape index (κ1) is 21.0. The lowest BCUT2D eigenvalue weighted by molar-refractivity contribution is 0.102. The largest absolute Gasteiger partial charge is 0.382 e. The smallest absolute Gasteiger partial charge is 0.258 e. The molecule has 3 heterocycles. The topological polar surface area (TPSA) is 130 Å². The zero-order chi connectivity index (χ0) is 22.9. The van der Waals surface area contributed by atoms with Crippen molar-refractivity contribution >= 4 is 50.4 Å². The first-order chi connectivity index (χ1) is 16.0. The van der Waals surface area contributed by atoms with E-state index in [1.54, 1.807) is 5.38 Å². The van der Waals surface area contributed by atoms with E-state index in [9.17, 15) is 4.79 Å². The molecule has 0 aliphatic heterocycles. The number of thiophene rings is 1. The standard InChI is InChI=1S/C24H23N7OS/c1-13-4-2-5-15(30-13)10-27-17-6-3-7-18(19(17)20(25)14-8-9-14)31-24(32)16-11-33-22-21(16)28-12-29-23(22)26/h2-7,11-12,14,25,27H,8-10H2,1H3,(H,31,32)(H2,26,28,29). The van der Waals surface area contributed by atoms with Gasteiger partial charge in [0.2, 0.25) is 0 Å². The van der Waals surface area contributed by atoms with Gasteiger partial charge in [0.25, 0.3) is 5.91 Å². The molecule has 0 radical (unpaired) electrons. The SMILES string of the molecule is Cc1cccc(CNc2cccc(NC(=O)c3csc4c(N)ncnc34)c2C(=N)C2CC2)n1. The van der Waals surface area contributed by atoms with Crippen LogP contribution < -0.4 is 16.4 Å². The molecule has 1 aliphatic carbocycles. The van der Waals surface area contributed by atoms with Crippen molar-refractivity contribution in [2.75, 3.05) is 16.4 Å². The van der Waals surface area contributed by atoms with Crippen molar-refractivity contribution in [1.82, 2.24) is 15.0 Å². The van der Waals surface area contributed by atoms with Gasteiger partial charge in [-0.2, -0.15) is 0 Å². The second-order valence-electron chi connectivity index (χ2n) is 8.08. The lowest BCUT2D eigenvalue weighted by Crippen LogP contribution is -2.17. The molecule has 8 nitrogen and oxygen atoms in total. The Morgan fingerprint density at radius 2 is 1.97 bits per heavy atom. The van der Waals surface area contributed by atoms with E-state index in [0.29, 0.717) is 39.5 Å². The van der Waals surface area contributed by atoms with Crippen LogP contribution in [0.2, 0.25) is 0 Å². The average Bonchev–Trinajstić information content (AvgIpc) is 3.56. The second kappa shape index (κ2) is 8.59. The maximum absolute atomic E-state index is 13.2. The summed E-state index contributed by atoms with van der Waals surface area (Å²) in [5.74, 6) is 0.285. The first-order valence-corrected chi connectivity index (χ1v) is 11.6. The number of hydrogen-bond donors (Lipinski definition) is 4. The van der Waals surface area contributed by atoms with Crippen LogP contribution in [-0.4, -0.2) is 26.6 Å². The molecule has 1 fully saturated rings.